The molecule has 1 aromatic rings. The average Bonchev–Trinajstić information content (AvgIpc) is 2.03. The molecule has 0 N–H and O–H groups in total. The minimum Gasteiger partial charge on any atom is -0.496 e. The summed E-state index contributed by atoms with van der Waals surface area (Å²) in [5.41, 5.74) is 0.0411. The first-order chi connectivity index (χ1) is 5.63. The molecule has 0 aromatic heterocycles. The summed E-state index contributed by atoms with van der Waals surface area (Å²) in [5, 5.41) is 11.1. The lowest BCUT2D eigenvalue weighted by Crippen LogP contribution is -1.97. The number of rotatable bonds is 2. The minimum absolute atomic E-state index is 0.0411. The normalized spacial score (nSPS) is 9.50. The van der Waals surface area contributed by atoms with E-state index in [0.29, 0.717) is 5.75 Å². The van der Waals surface area contributed by atoms with Gasteiger partial charge in [-0.25, -0.2) is 0 Å². The van der Waals surface area contributed by atoms with Crippen LogP contribution < -0.4 is 10.0 Å². The molecule has 0 aliphatic carbocycles. The Hall–Kier alpha value is -1.15. The van der Waals surface area contributed by atoms with E-state index in [2.05, 4.69) is 9.24 Å². The average molecular weight is 185 g/mol. The SMILES string of the molecule is COc1cc(P)cc([N+](=O)[O-])c1. The number of benzene rings is 1. The standard InChI is InChI=1S/C7H8NO3P/c1-11-6-2-5(8(9)10)3-7(12)4-6/h2-4H,12H2,1H3. The number of methoxy groups -OCH3 is 1. The molecule has 0 aliphatic heterocycles. The highest BCUT2D eigenvalue weighted by atomic mass is 31.0. The van der Waals surface area contributed by atoms with Gasteiger partial charge in [0, 0.05) is 6.07 Å². The van der Waals surface area contributed by atoms with E-state index in [1.807, 2.05) is 0 Å². The number of ether oxygens (including phenoxy) is 1. The van der Waals surface area contributed by atoms with Crippen molar-refractivity contribution in [1.82, 2.24) is 0 Å². The van der Waals surface area contributed by atoms with Gasteiger partial charge < -0.3 is 4.74 Å². The number of nitro benzene ring substituents is 1. The maximum absolute atomic E-state index is 10.4. The van der Waals surface area contributed by atoms with Crippen LogP contribution in [0.1, 0.15) is 0 Å². The molecule has 64 valence electrons. The Morgan fingerprint density at radius 1 is 1.50 bits per heavy atom. The molecule has 0 amide bonds. The first kappa shape index (κ1) is 8.94. The molecular weight excluding hydrogens is 177 g/mol. The van der Waals surface area contributed by atoms with E-state index in [0.717, 1.165) is 5.30 Å². The Kier molecular flexibility index (Phi) is 2.61. The lowest BCUT2D eigenvalue weighted by atomic mass is 10.3. The second kappa shape index (κ2) is 3.50. The zero-order chi connectivity index (χ0) is 9.14. The van der Waals surface area contributed by atoms with Gasteiger partial charge in [0.2, 0.25) is 0 Å². The van der Waals surface area contributed by atoms with Gasteiger partial charge in [0.05, 0.1) is 18.1 Å². The summed E-state index contributed by atoms with van der Waals surface area (Å²) in [7, 11) is 3.86. The van der Waals surface area contributed by atoms with E-state index in [9.17, 15) is 10.1 Å². The number of nitrogens with zero attached hydrogens (tertiary/aromatic N) is 1. The Bertz CT molecular complexity index is 314. The van der Waals surface area contributed by atoms with Crippen molar-refractivity contribution in [2.45, 2.75) is 0 Å². The molecule has 1 aromatic carbocycles. The molecular formula is C7H8NO3P. The molecule has 0 heterocycles. The fourth-order valence-electron chi connectivity index (χ4n) is 0.829. The van der Waals surface area contributed by atoms with Gasteiger partial charge in [-0.05, 0) is 11.4 Å². The van der Waals surface area contributed by atoms with Crippen molar-refractivity contribution in [3.63, 3.8) is 0 Å². The van der Waals surface area contributed by atoms with Gasteiger partial charge >= 0.3 is 0 Å². The Morgan fingerprint density at radius 2 is 2.17 bits per heavy atom. The molecule has 0 radical (unpaired) electrons. The van der Waals surface area contributed by atoms with Gasteiger partial charge in [-0.2, -0.15) is 0 Å². The lowest BCUT2D eigenvalue weighted by molar-refractivity contribution is -0.384. The Labute approximate surface area is 71.9 Å². The summed E-state index contributed by atoms with van der Waals surface area (Å²) in [6.45, 7) is 0. The van der Waals surface area contributed by atoms with E-state index in [4.69, 9.17) is 4.74 Å². The van der Waals surface area contributed by atoms with Gasteiger partial charge in [0.15, 0.2) is 0 Å². The predicted molar refractivity (Wildman–Crippen MR) is 49.0 cm³/mol. The van der Waals surface area contributed by atoms with E-state index in [-0.39, 0.29) is 5.69 Å². The molecule has 0 saturated heterocycles. The second-order valence-corrected chi connectivity index (χ2v) is 2.89. The zero-order valence-electron chi connectivity index (χ0n) is 6.48. The van der Waals surface area contributed by atoms with Gasteiger partial charge in [-0.1, -0.05) is 0 Å². The van der Waals surface area contributed by atoms with Crippen molar-refractivity contribution in [2.75, 3.05) is 7.11 Å². The molecule has 0 aliphatic rings. The lowest BCUT2D eigenvalue weighted by Gasteiger charge is -2.00. The molecule has 0 spiro atoms. The second-order valence-electron chi connectivity index (χ2n) is 2.22. The number of hydrogen-bond acceptors (Lipinski definition) is 3. The summed E-state index contributed by atoms with van der Waals surface area (Å²) < 4.78 is 4.87. The summed E-state index contributed by atoms with van der Waals surface area (Å²) in [6.07, 6.45) is 0. The van der Waals surface area contributed by atoms with Crippen LogP contribution in [-0.4, -0.2) is 12.0 Å². The first-order valence-corrected chi connectivity index (χ1v) is 3.80. The van der Waals surface area contributed by atoms with Crippen molar-refractivity contribution >= 4 is 20.2 Å². The summed E-state index contributed by atoms with van der Waals surface area (Å²) in [6, 6.07) is 4.55. The van der Waals surface area contributed by atoms with Gasteiger partial charge in [-0.15, -0.1) is 9.24 Å². The largest absolute Gasteiger partial charge is 0.496 e. The first-order valence-electron chi connectivity index (χ1n) is 3.22. The predicted octanol–water partition coefficient (Wildman–Crippen LogP) is 1.10. The molecule has 12 heavy (non-hydrogen) atoms. The van der Waals surface area contributed by atoms with Crippen LogP contribution in [-0.2, 0) is 0 Å². The van der Waals surface area contributed by atoms with Crippen molar-refractivity contribution < 1.29 is 9.66 Å². The smallest absolute Gasteiger partial charge is 0.273 e. The third-order valence-corrected chi connectivity index (χ3v) is 1.69. The van der Waals surface area contributed by atoms with Gasteiger partial charge in [-0.3, -0.25) is 10.1 Å². The van der Waals surface area contributed by atoms with Crippen LogP contribution >= 0.6 is 9.24 Å². The van der Waals surface area contributed by atoms with Crippen LogP contribution in [0.2, 0.25) is 0 Å². The molecule has 5 heteroatoms. The summed E-state index contributed by atoms with van der Waals surface area (Å²) in [4.78, 5) is 9.91. The van der Waals surface area contributed by atoms with E-state index in [1.54, 1.807) is 6.07 Å². The van der Waals surface area contributed by atoms with Crippen LogP contribution in [0, 0.1) is 10.1 Å². The molecule has 0 bridgehead atoms. The van der Waals surface area contributed by atoms with Crippen LogP contribution in [0.3, 0.4) is 0 Å². The number of non-ortho nitro benzene ring substituents is 1. The highest BCUT2D eigenvalue weighted by molar-refractivity contribution is 7.27. The Balaban J connectivity index is 3.15. The van der Waals surface area contributed by atoms with Crippen LogP contribution in [0.5, 0.6) is 5.75 Å². The third kappa shape index (κ3) is 1.92. The third-order valence-electron chi connectivity index (χ3n) is 1.36. The Morgan fingerprint density at radius 3 is 2.67 bits per heavy atom. The van der Waals surface area contributed by atoms with Crippen LogP contribution in [0.25, 0.3) is 0 Å². The summed E-state index contributed by atoms with van der Waals surface area (Å²) in [5.74, 6) is 0.495. The topological polar surface area (TPSA) is 52.4 Å². The quantitative estimate of drug-likeness (QED) is 0.394. The van der Waals surface area contributed by atoms with E-state index >= 15 is 0 Å². The van der Waals surface area contributed by atoms with Gasteiger partial charge in [0.1, 0.15) is 5.75 Å². The van der Waals surface area contributed by atoms with Crippen molar-refractivity contribution in [3.8, 4) is 5.75 Å². The van der Waals surface area contributed by atoms with Crippen molar-refractivity contribution in [2.24, 2.45) is 0 Å². The van der Waals surface area contributed by atoms with E-state index in [1.165, 1.54) is 19.2 Å². The number of nitro groups is 1. The molecule has 0 saturated carbocycles. The highest BCUT2D eigenvalue weighted by Crippen LogP contribution is 2.18. The van der Waals surface area contributed by atoms with Crippen LogP contribution in [0.15, 0.2) is 18.2 Å². The molecule has 1 rings (SSSR count). The van der Waals surface area contributed by atoms with Crippen LogP contribution in [0.4, 0.5) is 5.69 Å². The fraction of sp³-hybridized carbons (Fsp3) is 0.143. The van der Waals surface area contributed by atoms with E-state index < -0.39 is 4.92 Å². The highest BCUT2D eigenvalue weighted by Gasteiger charge is 2.07. The van der Waals surface area contributed by atoms with Gasteiger partial charge in [0.25, 0.3) is 5.69 Å². The minimum atomic E-state index is -0.448. The molecule has 0 fully saturated rings. The molecule has 1 atom stereocenters. The fourth-order valence-corrected chi connectivity index (χ4v) is 1.16. The molecule has 1 unspecified atom stereocenters. The van der Waals surface area contributed by atoms with Crippen molar-refractivity contribution in [1.29, 1.82) is 0 Å². The summed E-state index contributed by atoms with van der Waals surface area (Å²) >= 11 is 0. The maximum Gasteiger partial charge on any atom is 0.273 e. The number of hydrogen-bond donors (Lipinski definition) is 0. The zero-order valence-corrected chi connectivity index (χ0v) is 7.64. The molecule has 4 nitrogen and oxygen atoms in total. The van der Waals surface area contributed by atoms with Crippen molar-refractivity contribution in [3.05, 3.63) is 28.3 Å². The maximum atomic E-state index is 10.4. The monoisotopic (exact) mass is 185 g/mol.